The predicted octanol–water partition coefficient (Wildman–Crippen LogP) is 2.15. The van der Waals surface area contributed by atoms with Gasteiger partial charge in [0.1, 0.15) is 0 Å². The molecule has 1 amide bonds. The Morgan fingerprint density at radius 1 is 1.44 bits per heavy atom. The first-order valence-corrected chi connectivity index (χ1v) is 6.73. The monoisotopic (exact) mass is 226 g/mol. The number of hydrogen-bond donors (Lipinski definition) is 1. The molecule has 3 nitrogen and oxygen atoms in total. The molecule has 16 heavy (non-hydrogen) atoms. The molecule has 1 aliphatic heterocycles. The van der Waals surface area contributed by atoms with Crippen LogP contribution in [0.2, 0.25) is 0 Å². The maximum atomic E-state index is 12.0. The highest BCUT2D eigenvalue weighted by molar-refractivity contribution is 5.81. The van der Waals surface area contributed by atoms with E-state index in [9.17, 15) is 4.79 Å². The van der Waals surface area contributed by atoms with Gasteiger partial charge < -0.3 is 10.6 Å². The van der Waals surface area contributed by atoms with E-state index in [-0.39, 0.29) is 11.9 Å². The average molecular weight is 226 g/mol. The first-order valence-electron chi connectivity index (χ1n) is 6.73. The molecule has 2 atom stereocenters. The molecular formula is C13H26N2O. The standard InChI is InChI=1S/C13H26N2O/c1-3-6-11-8-5-9-15(10-11)13(16)12(14)7-4-2/h11-12H,3-10,14H2,1-2H3. The van der Waals surface area contributed by atoms with E-state index in [0.29, 0.717) is 5.92 Å². The summed E-state index contributed by atoms with van der Waals surface area (Å²) in [4.78, 5) is 14.0. The zero-order valence-corrected chi connectivity index (χ0v) is 10.7. The van der Waals surface area contributed by atoms with E-state index in [1.807, 2.05) is 4.90 Å². The summed E-state index contributed by atoms with van der Waals surface area (Å²) in [6.45, 7) is 6.13. The normalized spacial score (nSPS) is 23.2. The molecule has 0 aromatic rings. The Labute approximate surface area is 99.4 Å². The van der Waals surface area contributed by atoms with Crippen molar-refractivity contribution in [1.82, 2.24) is 4.90 Å². The third-order valence-corrected chi connectivity index (χ3v) is 3.44. The molecule has 0 aromatic carbocycles. The van der Waals surface area contributed by atoms with Crippen LogP contribution in [0.4, 0.5) is 0 Å². The molecule has 0 aromatic heterocycles. The summed E-state index contributed by atoms with van der Waals surface area (Å²) < 4.78 is 0. The largest absolute Gasteiger partial charge is 0.341 e. The van der Waals surface area contributed by atoms with Crippen LogP contribution >= 0.6 is 0 Å². The van der Waals surface area contributed by atoms with Gasteiger partial charge in [-0.2, -0.15) is 0 Å². The van der Waals surface area contributed by atoms with Crippen LogP contribution < -0.4 is 5.73 Å². The van der Waals surface area contributed by atoms with Crippen LogP contribution in [0.15, 0.2) is 0 Å². The van der Waals surface area contributed by atoms with Crippen molar-refractivity contribution >= 4 is 5.91 Å². The minimum atomic E-state index is -0.273. The number of nitrogens with two attached hydrogens (primary N) is 1. The predicted molar refractivity (Wildman–Crippen MR) is 67.1 cm³/mol. The molecule has 0 radical (unpaired) electrons. The first kappa shape index (κ1) is 13.5. The van der Waals surface area contributed by atoms with E-state index in [1.54, 1.807) is 0 Å². The van der Waals surface area contributed by atoms with Crippen LogP contribution in [0.3, 0.4) is 0 Å². The number of rotatable bonds is 5. The fraction of sp³-hybridized carbons (Fsp3) is 0.923. The highest BCUT2D eigenvalue weighted by Gasteiger charge is 2.25. The number of hydrogen-bond acceptors (Lipinski definition) is 2. The van der Waals surface area contributed by atoms with Gasteiger partial charge in [0.2, 0.25) is 5.91 Å². The number of amides is 1. The maximum absolute atomic E-state index is 12.0. The topological polar surface area (TPSA) is 46.3 Å². The van der Waals surface area contributed by atoms with Crippen molar-refractivity contribution in [3.63, 3.8) is 0 Å². The number of likely N-dealkylation sites (tertiary alicyclic amines) is 1. The fourth-order valence-corrected chi connectivity index (χ4v) is 2.58. The lowest BCUT2D eigenvalue weighted by atomic mass is 9.93. The summed E-state index contributed by atoms with van der Waals surface area (Å²) in [7, 11) is 0. The van der Waals surface area contributed by atoms with Gasteiger partial charge in [0.05, 0.1) is 6.04 Å². The molecule has 1 rings (SSSR count). The molecule has 0 bridgehead atoms. The Hall–Kier alpha value is -0.570. The molecule has 1 heterocycles. The van der Waals surface area contributed by atoms with Crippen LogP contribution in [0, 0.1) is 5.92 Å². The highest BCUT2D eigenvalue weighted by Crippen LogP contribution is 2.21. The fourth-order valence-electron chi connectivity index (χ4n) is 2.58. The van der Waals surface area contributed by atoms with Crippen LogP contribution in [0.25, 0.3) is 0 Å². The molecule has 0 saturated carbocycles. The van der Waals surface area contributed by atoms with Gasteiger partial charge in [0, 0.05) is 13.1 Å². The molecule has 2 unspecified atom stereocenters. The second-order valence-corrected chi connectivity index (χ2v) is 4.98. The summed E-state index contributed by atoms with van der Waals surface area (Å²) in [5.74, 6) is 0.874. The maximum Gasteiger partial charge on any atom is 0.239 e. The summed E-state index contributed by atoms with van der Waals surface area (Å²) in [6.07, 6.45) is 6.68. The summed E-state index contributed by atoms with van der Waals surface area (Å²) >= 11 is 0. The van der Waals surface area contributed by atoms with Crippen LogP contribution in [0.5, 0.6) is 0 Å². The molecule has 0 spiro atoms. The van der Waals surface area contributed by atoms with Gasteiger partial charge >= 0.3 is 0 Å². The van der Waals surface area contributed by atoms with Crippen molar-refractivity contribution in [2.45, 2.75) is 58.4 Å². The molecule has 3 heteroatoms. The van der Waals surface area contributed by atoms with Gasteiger partial charge in [-0.15, -0.1) is 0 Å². The zero-order chi connectivity index (χ0) is 12.0. The Kier molecular flexibility index (Phi) is 5.81. The van der Waals surface area contributed by atoms with Crippen molar-refractivity contribution < 1.29 is 4.79 Å². The first-order chi connectivity index (χ1) is 7.69. The van der Waals surface area contributed by atoms with Crippen molar-refractivity contribution in [3.05, 3.63) is 0 Å². The van der Waals surface area contributed by atoms with E-state index in [0.717, 1.165) is 32.4 Å². The van der Waals surface area contributed by atoms with Crippen LogP contribution in [-0.2, 0) is 4.79 Å². The molecule has 0 aliphatic carbocycles. The van der Waals surface area contributed by atoms with E-state index >= 15 is 0 Å². The van der Waals surface area contributed by atoms with Crippen molar-refractivity contribution in [3.8, 4) is 0 Å². The average Bonchev–Trinajstić information content (AvgIpc) is 2.29. The Bertz CT molecular complexity index is 216. The molecule has 1 fully saturated rings. The Morgan fingerprint density at radius 3 is 2.81 bits per heavy atom. The lowest BCUT2D eigenvalue weighted by Crippen LogP contribution is -2.47. The summed E-state index contributed by atoms with van der Waals surface area (Å²) in [5.41, 5.74) is 5.89. The van der Waals surface area contributed by atoms with E-state index in [1.165, 1.54) is 19.3 Å². The number of carbonyl (C=O) groups is 1. The molecule has 1 saturated heterocycles. The van der Waals surface area contributed by atoms with Gasteiger partial charge in [-0.05, 0) is 31.6 Å². The van der Waals surface area contributed by atoms with Crippen molar-refractivity contribution in [2.24, 2.45) is 11.7 Å². The molecule has 94 valence electrons. The lowest BCUT2D eigenvalue weighted by Gasteiger charge is -2.34. The number of nitrogens with zero attached hydrogens (tertiary/aromatic N) is 1. The summed E-state index contributed by atoms with van der Waals surface area (Å²) in [5, 5.41) is 0. The number of carbonyl (C=O) groups excluding carboxylic acids is 1. The van der Waals surface area contributed by atoms with Crippen molar-refractivity contribution in [2.75, 3.05) is 13.1 Å². The van der Waals surface area contributed by atoms with E-state index in [2.05, 4.69) is 13.8 Å². The van der Waals surface area contributed by atoms with E-state index < -0.39 is 0 Å². The smallest absolute Gasteiger partial charge is 0.239 e. The summed E-state index contributed by atoms with van der Waals surface area (Å²) in [6, 6.07) is -0.273. The molecule has 1 aliphatic rings. The second-order valence-electron chi connectivity index (χ2n) is 4.98. The van der Waals surface area contributed by atoms with Crippen LogP contribution in [-0.4, -0.2) is 29.9 Å². The minimum Gasteiger partial charge on any atom is -0.341 e. The van der Waals surface area contributed by atoms with E-state index in [4.69, 9.17) is 5.73 Å². The lowest BCUT2D eigenvalue weighted by molar-refractivity contribution is -0.134. The minimum absolute atomic E-state index is 0.169. The Morgan fingerprint density at radius 2 is 2.19 bits per heavy atom. The van der Waals surface area contributed by atoms with Gasteiger partial charge in [-0.3, -0.25) is 4.79 Å². The van der Waals surface area contributed by atoms with Crippen LogP contribution in [0.1, 0.15) is 52.4 Å². The number of piperidine rings is 1. The SMILES string of the molecule is CCCC1CCCN(C(=O)C(N)CCC)C1. The molecule has 2 N–H and O–H groups in total. The highest BCUT2D eigenvalue weighted by atomic mass is 16.2. The molecular weight excluding hydrogens is 200 g/mol. The van der Waals surface area contributed by atoms with Gasteiger partial charge in [-0.1, -0.05) is 26.7 Å². The third kappa shape index (κ3) is 3.78. The quantitative estimate of drug-likeness (QED) is 0.781. The third-order valence-electron chi connectivity index (χ3n) is 3.44. The Balaban J connectivity index is 2.43. The van der Waals surface area contributed by atoms with Gasteiger partial charge in [0.25, 0.3) is 0 Å². The zero-order valence-electron chi connectivity index (χ0n) is 10.7. The van der Waals surface area contributed by atoms with Gasteiger partial charge in [0.15, 0.2) is 0 Å². The van der Waals surface area contributed by atoms with Crippen molar-refractivity contribution in [1.29, 1.82) is 0 Å². The second kappa shape index (κ2) is 6.89. The van der Waals surface area contributed by atoms with Gasteiger partial charge in [-0.25, -0.2) is 0 Å².